The second-order valence-electron chi connectivity index (χ2n) is 7.14. The van der Waals surface area contributed by atoms with Gasteiger partial charge in [-0.1, -0.05) is 30.7 Å². The molecule has 0 fully saturated rings. The number of nitrogens with two attached hydrogens (primary N) is 2. The fourth-order valence-corrected chi connectivity index (χ4v) is 3.75. The fraction of sp³-hybridized carbons (Fsp3) is 0.273. The number of nitrogens with zero attached hydrogens (tertiary/aromatic N) is 4. The fourth-order valence-electron chi connectivity index (χ4n) is 3.48. The monoisotopic (exact) mass is 471 g/mol. The summed E-state index contributed by atoms with van der Waals surface area (Å²) in [6, 6.07) is 9.22. The van der Waals surface area contributed by atoms with Gasteiger partial charge in [0.1, 0.15) is 5.56 Å². The van der Waals surface area contributed by atoms with Crippen molar-refractivity contribution in [3.05, 3.63) is 69.4 Å². The molecular formula is C22H26ClN7O3. The number of carbonyl (C=O) groups is 1. The third-order valence-electron chi connectivity index (χ3n) is 5.01. The van der Waals surface area contributed by atoms with Gasteiger partial charge in [-0.2, -0.15) is 0 Å². The summed E-state index contributed by atoms with van der Waals surface area (Å²) in [4.78, 5) is 27.5. The standard InChI is InChI=1S/C15H19ClN2O2.C7H7N5O/c1-2-12-10-11-4-3-5-13(16)14(11)15(20)18(12)8-6-17-7-9-19;8-5-4(6(9)13)7-10-2-1-3-12(7)11-5/h3-5,10,17,19H,2,6-9H2,1H3;1-3H,(H2,8,11)(H2,9,13). The number of aryl methyl sites for hydroxylation is 1. The highest BCUT2D eigenvalue weighted by Gasteiger charge is 2.15. The minimum absolute atomic E-state index is 0.0456. The van der Waals surface area contributed by atoms with Gasteiger partial charge >= 0.3 is 0 Å². The number of hydrogen-bond donors (Lipinski definition) is 4. The van der Waals surface area contributed by atoms with Gasteiger partial charge in [-0.3, -0.25) is 9.59 Å². The molecule has 0 saturated carbocycles. The topological polar surface area (TPSA) is 154 Å². The van der Waals surface area contributed by atoms with Gasteiger partial charge in [0.25, 0.3) is 11.5 Å². The number of fused-ring (bicyclic) bond motifs is 2. The van der Waals surface area contributed by atoms with Crippen molar-refractivity contribution in [1.29, 1.82) is 0 Å². The van der Waals surface area contributed by atoms with Crippen LogP contribution in [0.2, 0.25) is 5.02 Å². The summed E-state index contributed by atoms with van der Waals surface area (Å²) in [6.45, 7) is 3.87. The highest BCUT2D eigenvalue weighted by atomic mass is 35.5. The number of benzene rings is 1. The van der Waals surface area contributed by atoms with E-state index in [9.17, 15) is 9.59 Å². The molecule has 0 aliphatic rings. The Bertz CT molecular complexity index is 1330. The lowest BCUT2D eigenvalue weighted by molar-refractivity contribution is 0.100. The first kappa shape index (κ1) is 24.2. The van der Waals surface area contributed by atoms with Crippen LogP contribution in [0.1, 0.15) is 23.0 Å². The summed E-state index contributed by atoms with van der Waals surface area (Å²) in [5.74, 6) is -0.516. The number of aliphatic hydroxyl groups excluding tert-OH is 1. The summed E-state index contributed by atoms with van der Waals surface area (Å²) < 4.78 is 3.17. The number of aromatic nitrogens is 4. The van der Waals surface area contributed by atoms with Crippen LogP contribution < -0.4 is 22.3 Å². The first-order valence-electron chi connectivity index (χ1n) is 10.4. The third kappa shape index (κ3) is 5.30. The smallest absolute Gasteiger partial charge is 0.260 e. The number of primary amides is 1. The summed E-state index contributed by atoms with van der Waals surface area (Å²) in [5, 5.41) is 17.7. The zero-order valence-electron chi connectivity index (χ0n) is 18.2. The highest BCUT2D eigenvalue weighted by Crippen LogP contribution is 2.21. The van der Waals surface area contributed by atoms with Crippen LogP contribution in [0.5, 0.6) is 0 Å². The quantitative estimate of drug-likeness (QED) is 0.295. The Hall–Kier alpha value is -3.47. The average Bonchev–Trinajstić information content (AvgIpc) is 3.14. The van der Waals surface area contributed by atoms with Crippen molar-refractivity contribution in [3.8, 4) is 0 Å². The Morgan fingerprint density at radius 1 is 1.27 bits per heavy atom. The molecule has 1 aromatic carbocycles. The number of rotatable bonds is 7. The van der Waals surface area contributed by atoms with E-state index in [1.54, 1.807) is 29.1 Å². The molecule has 0 spiro atoms. The summed E-state index contributed by atoms with van der Waals surface area (Å²) in [6.07, 6.45) is 3.98. The zero-order valence-corrected chi connectivity index (χ0v) is 18.9. The minimum atomic E-state index is -0.619. The number of nitrogen functional groups attached to an aromatic ring is 1. The molecule has 4 rings (SSSR count). The lowest BCUT2D eigenvalue weighted by Crippen LogP contribution is -2.30. The molecule has 0 aliphatic heterocycles. The van der Waals surface area contributed by atoms with Crippen LogP contribution in [0.15, 0.2) is 47.5 Å². The van der Waals surface area contributed by atoms with Crippen molar-refractivity contribution < 1.29 is 9.90 Å². The van der Waals surface area contributed by atoms with E-state index in [1.165, 1.54) is 4.52 Å². The number of halogens is 1. The van der Waals surface area contributed by atoms with E-state index in [1.807, 2.05) is 25.1 Å². The van der Waals surface area contributed by atoms with E-state index in [2.05, 4.69) is 15.4 Å². The number of nitrogens with one attached hydrogen (secondary N) is 1. The Labute approximate surface area is 194 Å². The molecule has 3 heterocycles. The van der Waals surface area contributed by atoms with Gasteiger partial charge in [-0.25, -0.2) is 9.50 Å². The molecule has 3 aromatic heterocycles. The van der Waals surface area contributed by atoms with Gasteiger partial charge in [0.2, 0.25) is 0 Å². The Morgan fingerprint density at radius 2 is 2.06 bits per heavy atom. The maximum atomic E-state index is 12.6. The zero-order chi connectivity index (χ0) is 24.0. The third-order valence-corrected chi connectivity index (χ3v) is 5.32. The van der Waals surface area contributed by atoms with Crippen LogP contribution in [-0.2, 0) is 13.0 Å². The number of anilines is 1. The van der Waals surface area contributed by atoms with Crippen molar-refractivity contribution in [2.45, 2.75) is 19.9 Å². The molecule has 0 bridgehead atoms. The average molecular weight is 472 g/mol. The molecule has 174 valence electrons. The minimum Gasteiger partial charge on any atom is -0.395 e. The maximum Gasteiger partial charge on any atom is 0.260 e. The highest BCUT2D eigenvalue weighted by molar-refractivity contribution is 6.35. The number of aliphatic hydroxyl groups is 1. The van der Waals surface area contributed by atoms with Crippen LogP contribution in [0.25, 0.3) is 16.4 Å². The molecule has 33 heavy (non-hydrogen) atoms. The van der Waals surface area contributed by atoms with Crippen LogP contribution in [-0.4, -0.2) is 49.9 Å². The Balaban J connectivity index is 0.000000203. The molecule has 4 aromatic rings. The van der Waals surface area contributed by atoms with E-state index >= 15 is 0 Å². The predicted molar refractivity (Wildman–Crippen MR) is 128 cm³/mol. The Kier molecular flexibility index (Phi) is 7.99. The lowest BCUT2D eigenvalue weighted by atomic mass is 10.1. The van der Waals surface area contributed by atoms with E-state index in [0.29, 0.717) is 35.7 Å². The van der Waals surface area contributed by atoms with E-state index < -0.39 is 5.91 Å². The van der Waals surface area contributed by atoms with Gasteiger partial charge in [-0.05, 0) is 30.0 Å². The molecule has 0 aliphatic carbocycles. The lowest BCUT2D eigenvalue weighted by Gasteiger charge is -2.14. The SMILES string of the molecule is CCc1cc2cccc(Cl)c2c(=O)n1CCNCCO.NC(=O)c1c(N)nn2cccnc12. The first-order chi connectivity index (χ1) is 15.9. The van der Waals surface area contributed by atoms with Crippen molar-refractivity contribution >= 4 is 39.7 Å². The molecule has 0 saturated heterocycles. The normalized spacial score (nSPS) is 10.9. The van der Waals surface area contributed by atoms with Gasteiger partial charge in [-0.15, -0.1) is 5.10 Å². The first-order valence-corrected chi connectivity index (χ1v) is 10.8. The van der Waals surface area contributed by atoms with Gasteiger partial charge in [0.15, 0.2) is 11.5 Å². The summed E-state index contributed by atoms with van der Waals surface area (Å²) >= 11 is 6.15. The molecule has 11 heteroatoms. The maximum absolute atomic E-state index is 12.6. The molecule has 6 N–H and O–H groups in total. The molecule has 1 amide bonds. The largest absolute Gasteiger partial charge is 0.395 e. The second-order valence-corrected chi connectivity index (χ2v) is 7.54. The van der Waals surface area contributed by atoms with E-state index in [-0.39, 0.29) is 23.5 Å². The summed E-state index contributed by atoms with van der Waals surface area (Å²) in [5.41, 5.74) is 12.1. The number of pyridine rings is 1. The number of hydrogen-bond acceptors (Lipinski definition) is 7. The van der Waals surface area contributed by atoms with Crippen molar-refractivity contribution in [2.24, 2.45) is 5.73 Å². The van der Waals surface area contributed by atoms with E-state index in [4.69, 9.17) is 28.2 Å². The molecule has 0 unspecified atom stereocenters. The Morgan fingerprint density at radius 3 is 2.76 bits per heavy atom. The van der Waals surface area contributed by atoms with Gasteiger partial charge < -0.3 is 26.5 Å². The van der Waals surface area contributed by atoms with Gasteiger partial charge in [0, 0.05) is 37.7 Å². The predicted octanol–water partition coefficient (Wildman–Crippen LogP) is 1.21. The molecular weight excluding hydrogens is 446 g/mol. The molecule has 0 atom stereocenters. The van der Waals surface area contributed by atoms with Crippen LogP contribution in [0.3, 0.4) is 0 Å². The molecule has 10 nitrogen and oxygen atoms in total. The van der Waals surface area contributed by atoms with Crippen molar-refractivity contribution in [1.82, 2.24) is 24.5 Å². The number of amides is 1. The van der Waals surface area contributed by atoms with Crippen LogP contribution in [0.4, 0.5) is 5.82 Å². The second kappa shape index (κ2) is 10.9. The van der Waals surface area contributed by atoms with Crippen LogP contribution in [0, 0.1) is 0 Å². The van der Waals surface area contributed by atoms with Crippen molar-refractivity contribution in [2.75, 3.05) is 25.4 Å². The number of carbonyl (C=O) groups excluding carboxylic acids is 1. The van der Waals surface area contributed by atoms with E-state index in [0.717, 1.165) is 17.5 Å². The summed E-state index contributed by atoms with van der Waals surface area (Å²) in [7, 11) is 0. The molecule has 0 radical (unpaired) electrons. The van der Waals surface area contributed by atoms with Gasteiger partial charge in [0.05, 0.1) is 17.0 Å². The van der Waals surface area contributed by atoms with Crippen molar-refractivity contribution in [3.63, 3.8) is 0 Å². The van der Waals surface area contributed by atoms with Crippen LogP contribution >= 0.6 is 11.6 Å².